The molecule has 2 aromatic rings. The molecule has 1 aromatic heterocycles. The Morgan fingerprint density at radius 1 is 1.21 bits per heavy atom. The summed E-state index contributed by atoms with van der Waals surface area (Å²) in [6, 6.07) is 5.91. The van der Waals surface area contributed by atoms with Gasteiger partial charge in [-0.15, -0.1) is 0 Å². The highest BCUT2D eigenvalue weighted by Gasteiger charge is 2.51. The van der Waals surface area contributed by atoms with Gasteiger partial charge in [0.2, 0.25) is 17.6 Å². The van der Waals surface area contributed by atoms with Gasteiger partial charge in [0.15, 0.2) is 6.61 Å². The Hall–Kier alpha value is -2.74. The molecule has 9 heteroatoms. The second-order valence-electron chi connectivity index (χ2n) is 7.35. The molecule has 152 valence electrons. The van der Waals surface area contributed by atoms with Crippen LogP contribution < -0.4 is 0 Å². The Kier molecular flexibility index (Phi) is 5.36. The molecule has 1 aliphatic carbocycles. The number of fused-ring (bicyclic) bond motifs is 1. The molecule has 2 fully saturated rings. The number of esters is 1. The van der Waals surface area contributed by atoms with E-state index < -0.39 is 12.0 Å². The molecule has 1 saturated carbocycles. The molecule has 8 nitrogen and oxygen atoms in total. The summed E-state index contributed by atoms with van der Waals surface area (Å²) in [4.78, 5) is 42.9. The average Bonchev–Trinajstić information content (AvgIpc) is 3.30. The molecule has 1 saturated heterocycles. The van der Waals surface area contributed by atoms with Crippen LogP contribution in [0.3, 0.4) is 0 Å². The lowest BCUT2D eigenvalue weighted by Crippen LogP contribution is -2.44. The molecule has 2 amide bonds. The van der Waals surface area contributed by atoms with Crippen molar-refractivity contribution in [1.82, 2.24) is 15.0 Å². The van der Waals surface area contributed by atoms with Crippen molar-refractivity contribution in [2.75, 3.05) is 0 Å². The van der Waals surface area contributed by atoms with Crippen molar-refractivity contribution in [2.45, 2.75) is 45.3 Å². The number of aromatic nitrogens is 2. The van der Waals surface area contributed by atoms with Crippen LogP contribution in [-0.4, -0.2) is 38.9 Å². The number of hydrogen-bond acceptors (Lipinski definition) is 7. The zero-order chi connectivity index (χ0) is 20.5. The number of nitrogens with zero attached hydrogens (tertiary/aromatic N) is 3. The first-order valence-corrected chi connectivity index (χ1v) is 9.95. The maximum absolute atomic E-state index is 12.6. The Morgan fingerprint density at radius 3 is 2.45 bits per heavy atom. The first kappa shape index (κ1) is 19.6. The van der Waals surface area contributed by atoms with E-state index in [2.05, 4.69) is 10.1 Å². The van der Waals surface area contributed by atoms with Crippen LogP contribution in [0.2, 0.25) is 5.02 Å². The van der Waals surface area contributed by atoms with E-state index in [4.69, 9.17) is 20.9 Å². The van der Waals surface area contributed by atoms with E-state index in [0.717, 1.165) is 17.7 Å². The van der Waals surface area contributed by atoms with Crippen molar-refractivity contribution in [3.8, 4) is 11.4 Å². The minimum Gasteiger partial charge on any atom is -0.454 e. The number of likely N-dealkylation sites (tertiary alicyclic amines) is 1. The lowest BCUT2D eigenvalue weighted by atomic mass is 9.81. The largest absolute Gasteiger partial charge is 0.454 e. The number of rotatable bonds is 5. The van der Waals surface area contributed by atoms with E-state index in [1.165, 1.54) is 6.92 Å². The average molecular weight is 418 g/mol. The Morgan fingerprint density at radius 2 is 1.83 bits per heavy atom. The van der Waals surface area contributed by atoms with Crippen molar-refractivity contribution in [3.63, 3.8) is 0 Å². The molecule has 1 aromatic carbocycles. The number of amides is 2. The fourth-order valence-corrected chi connectivity index (χ4v) is 4.08. The third-order valence-electron chi connectivity index (χ3n) is 5.51. The quantitative estimate of drug-likeness (QED) is 0.544. The Balaban J connectivity index is 1.38. The molecule has 0 bridgehead atoms. The molecule has 0 spiro atoms. The van der Waals surface area contributed by atoms with Crippen LogP contribution in [0.5, 0.6) is 0 Å². The summed E-state index contributed by atoms with van der Waals surface area (Å²) in [5.41, 5.74) is 0.708. The lowest BCUT2D eigenvalue weighted by molar-refractivity contribution is -0.159. The van der Waals surface area contributed by atoms with Crippen LogP contribution in [-0.2, 0) is 25.7 Å². The van der Waals surface area contributed by atoms with E-state index in [1.54, 1.807) is 24.3 Å². The summed E-state index contributed by atoms with van der Waals surface area (Å²) in [5.74, 6) is -1.37. The van der Waals surface area contributed by atoms with Crippen LogP contribution in [0.15, 0.2) is 28.8 Å². The van der Waals surface area contributed by atoms with Gasteiger partial charge in [0.25, 0.3) is 5.89 Å². The fraction of sp³-hybridized carbons (Fsp3) is 0.450. The van der Waals surface area contributed by atoms with Gasteiger partial charge >= 0.3 is 5.97 Å². The summed E-state index contributed by atoms with van der Waals surface area (Å²) in [5, 5.41) is 4.44. The summed E-state index contributed by atoms with van der Waals surface area (Å²) < 4.78 is 10.3. The van der Waals surface area contributed by atoms with Crippen molar-refractivity contribution in [1.29, 1.82) is 0 Å². The number of ether oxygens (including phenoxy) is 1. The standard InChI is InChI=1S/C20H20ClN3O5/c1-11(24-18(25)14-4-2-3-5-15(14)19(24)26)20(27)28-10-16-22-17(23-29-16)12-6-8-13(21)9-7-12/h6-9,11,14-15H,2-5,10H2,1H3/t11-,14?,15?/m0/s1. The highest BCUT2D eigenvalue weighted by molar-refractivity contribution is 6.30. The number of imide groups is 1. The van der Waals surface area contributed by atoms with Crippen molar-refractivity contribution < 1.29 is 23.6 Å². The van der Waals surface area contributed by atoms with Crippen molar-refractivity contribution in [2.24, 2.45) is 11.8 Å². The van der Waals surface area contributed by atoms with E-state index in [1.807, 2.05) is 0 Å². The number of benzene rings is 1. The second kappa shape index (κ2) is 7.94. The molecular formula is C20H20ClN3O5. The van der Waals surface area contributed by atoms with Gasteiger partial charge < -0.3 is 9.26 Å². The van der Waals surface area contributed by atoms with Gasteiger partial charge in [-0.1, -0.05) is 29.6 Å². The predicted octanol–water partition coefficient (Wildman–Crippen LogP) is 3.00. The van der Waals surface area contributed by atoms with Gasteiger partial charge in [0.05, 0.1) is 11.8 Å². The summed E-state index contributed by atoms with van der Waals surface area (Å²) >= 11 is 5.86. The maximum Gasteiger partial charge on any atom is 0.329 e. The van der Waals surface area contributed by atoms with E-state index in [-0.39, 0.29) is 36.1 Å². The van der Waals surface area contributed by atoms with E-state index >= 15 is 0 Å². The lowest BCUT2D eigenvalue weighted by Gasteiger charge is -2.21. The van der Waals surface area contributed by atoms with Gasteiger partial charge in [-0.05, 0) is 44.0 Å². The Bertz CT molecular complexity index is 918. The van der Waals surface area contributed by atoms with E-state index in [0.29, 0.717) is 29.3 Å². The second-order valence-corrected chi connectivity index (χ2v) is 7.78. The van der Waals surface area contributed by atoms with Gasteiger partial charge in [0.1, 0.15) is 6.04 Å². The molecular weight excluding hydrogens is 398 g/mol. The van der Waals surface area contributed by atoms with Gasteiger partial charge in [-0.2, -0.15) is 4.98 Å². The number of carbonyl (C=O) groups is 3. The van der Waals surface area contributed by atoms with Crippen LogP contribution >= 0.6 is 11.6 Å². The maximum atomic E-state index is 12.6. The smallest absolute Gasteiger partial charge is 0.329 e. The Labute approximate surface area is 172 Å². The molecule has 0 N–H and O–H groups in total. The number of halogens is 1. The highest BCUT2D eigenvalue weighted by Crippen LogP contribution is 2.38. The van der Waals surface area contributed by atoms with Crippen LogP contribution in [0.25, 0.3) is 11.4 Å². The molecule has 3 atom stereocenters. The van der Waals surface area contributed by atoms with Gasteiger partial charge in [0, 0.05) is 10.6 Å². The van der Waals surface area contributed by atoms with E-state index in [9.17, 15) is 14.4 Å². The summed E-state index contributed by atoms with van der Waals surface area (Å²) in [7, 11) is 0. The third kappa shape index (κ3) is 3.76. The zero-order valence-corrected chi connectivity index (χ0v) is 16.6. The van der Waals surface area contributed by atoms with Crippen LogP contribution in [0.4, 0.5) is 0 Å². The minimum atomic E-state index is -0.987. The molecule has 29 heavy (non-hydrogen) atoms. The normalized spacial score (nSPS) is 22.5. The van der Waals surface area contributed by atoms with Crippen LogP contribution in [0, 0.1) is 11.8 Å². The van der Waals surface area contributed by atoms with Gasteiger partial charge in [-0.3, -0.25) is 14.5 Å². The molecule has 2 aliphatic rings. The predicted molar refractivity (Wildman–Crippen MR) is 101 cm³/mol. The monoisotopic (exact) mass is 417 g/mol. The van der Waals surface area contributed by atoms with Crippen LogP contribution in [0.1, 0.15) is 38.5 Å². The third-order valence-corrected chi connectivity index (χ3v) is 5.76. The minimum absolute atomic E-state index is 0.114. The highest BCUT2D eigenvalue weighted by atomic mass is 35.5. The topological polar surface area (TPSA) is 103 Å². The zero-order valence-electron chi connectivity index (χ0n) is 15.8. The summed E-state index contributed by atoms with van der Waals surface area (Å²) in [6.07, 6.45) is 3.26. The summed E-state index contributed by atoms with van der Waals surface area (Å²) in [6.45, 7) is 1.26. The molecule has 2 unspecified atom stereocenters. The SMILES string of the molecule is C[C@@H](C(=O)OCc1nc(-c2ccc(Cl)cc2)no1)N1C(=O)C2CCCCC2C1=O. The van der Waals surface area contributed by atoms with Gasteiger partial charge in [-0.25, -0.2) is 4.79 Å². The fourth-order valence-electron chi connectivity index (χ4n) is 3.96. The van der Waals surface area contributed by atoms with Crippen molar-refractivity contribution in [3.05, 3.63) is 35.2 Å². The van der Waals surface area contributed by atoms with Crippen molar-refractivity contribution >= 4 is 29.4 Å². The number of carbonyl (C=O) groups excluding carboxylic acids is 3. The first-order valence-electron chi connectivity index (χ1n) is 9.58. The molecule has 2 heterocycles. The molecule has 1 aliphatic heterocycles. The molecule has 0 radical (unpaired) electrons. The first-order chi connectivity index (χ1) is 14.0. The molecule has 4 rings (SSSR count). The number of hydrogen-bond donors (Lipinski definition) is 0.